The minimum absolute atomic E-state index is 0.00365. The summed E-state index contributed by atoms with van der Waals surface area (Å²) < 4.78 is 78.0. The number of likely N-dealkylation sites (tertiary alicyclic amines) is 1. The first-order valence-corrected chi connectivity index (χ1v) is 10.5. The van der Waals surface area contributed by atoms with Gasteiger partial charge < -0.3 is 16.4 Å². The minimum Gasteiger partial charge on any atom is -0.395 e. The lowest BCUT2D eigenvalue weighted by Gasteiger charge is -2.40. The van der Waals surface area contributed by atoms with Crippen LogP contribution in [0.1, 0.15) is 34.7 Å². The third-order valence-electron chi connectivity index (χ3n) is 4.88. The second kappa shape index (κ2) is 6.18. The number of aromatic nitrogens is 1. The van der Waals surface area contributed by atoms with Gasteiger partial charge in [0.1, 0.15) is 16.5 Å². The number of carbonyl (C=O) groups is 1. The normalized spacial score (nSPS) is 18.2. The van der Waals surface area contributed by atoms with Gasteiger partial charge in [-0.15, -0.1) is 0 Å². The molecule has 1 amide bonds. The van der Waals surface area contributed by atoms with Gasteiger partial charge in [0.25, 0.3) is 5.91 Å². The van der Waals surface area contributed by atoms with Crippen molar-refractivity contribution < 1.29 is 28.6 Å². The third kappa shape index (κ3) is 4.36. The highest BCUT2D eigenvalue weighted by atomic mass is 32.5. The summed E-state index contributed by atoms with van der Waals surface area (Å²) in [5, 5.41) is 0. The van der Waals surface area contributed by atoms with Gasteiger partial charge in [0, 0.05) is 24.2 Å². The lowest BCUT2D eigenvalue weighted by atomic mass is 9.88. The largest absolute Gasteiger partial charge is 0.395 e. The Morgan fingerprint density at radius 1 is 1.03 bits per heavy atom. The molecule has 3 rings (SSSR count). The van der Waals surface area contributed by atoms with E-state index in [1.165, 1.54) is 4.90 Å². The van der Waals surface area contributed by atoms with Gasteiger partial charge in [-0.25, -0.2) is 9.37 Å². The van der Waals surface area contributed by atoms with Crippen molar-refractivity contribution in [2.24, 2.45) is 0 Å². The summed E-state index contributed by atoms with van der Waals surface area (Å²) in [4.78, 5) is 15.4. The number of nitrogen functional groups attached to an aromatic ring is 2. The molecule has 1 aromatic heterocycles. The molecular formula is C17H18F6N4OS. The molecule has 4 N–H and O–H groups in total. The number of rotatable bonds is 3. The van der Waals surface area contributed by atoms with Crippen LogP contribution in [0.4, 0.5) is 35.3 Å². The molecule has 29 heavy (non-hydrogen) atoms. The summed E-state index contributed by atoms with van der Waals surface area (Å²) in [6, 6.07) is 1.86. The van der Waals surface area contributed by atoms with Crippen LogP contribution in [0.5, 0.6) is 0 Å². The minimum atomic E-state index is -9.79. The standard InChI is InChI=1S/C17H18F6N4OS/c18-13-9-26-16(25)15(24)14(13)10-5-7-27(8-6-10)17(28)11-1-3-12(4-2-11)29(19,20,21,22)23/h1-4,9-10H,5-8,24H2,(H2,25,26). The molecule has 1 saturated heterocycles. The van der Waals surface area contributed by atoms with E-state index >= 15 is 0 Å². The molecular weight excluding hydrogens is 422 g/mol. The molecule has 160 valence electrons. The average Bonchev–Trinajstić information content (AvgIpc) is 2.63. The molecule has 0 radical (unpaired) electrons. The molecule has 0 atom stereocenters. The van der Waals surface area contributed by atoms with Crippen LogP contribution in [-0.4, -0.2) is 28.9 Å². The van der Waals surface area contributed by atoms with Crippen LogP contribution in [-0.2, 0) is 0 Å². The molecule has 0 bridgehead atoms. The molecule has 12 heteroatoms. The SMILES string of the molecule is Nc1ncc(F)c(C2CCN(C(=O)c3ccc(S(F)(F)(F)(F)F)cc3)CC2)c1N. The Bertz CT molecular complexity index is 957. The molecule has 0 unspecified atom stereocenters. The fourth-order valence-electron chi connectivity index (χ4n) is 3.36. The van der Waals surface area contributed by atoms with Crippen LogP contribution in [0.2, 0.25) is 0 Å². The number of nitrogens with two attached hydrogens (primary N) is 2. The Hall–Kier alpha value is -2.63. The van der Waals surface area contributed by atoms with E-state index in [4.69, 9.17) is 11.5 Å². The van der Waals surface area contributed by atoms with Crippen LogP contribution in [0.25, 0.3) is 0 Å². The number of nitrogens with zero attached hydrogens (tertiary/aromatic N) is 2. The molecule has 0 aliphatic carbocycles. The van der Waals surface area contributed by atoms with Crippen molar-refractivity contribution in [3.05, 3.63) is 47.4 Å². The number of hydrogen-bond acceptors (Lipinski definition) is 4. The maximum Gasteiger partial charge on any atom is 0.310 e. The van der Waals surface area contributed by atoms with E-state index in [1.54, 1.807) is 0 Å². The lowest BCUT2D eigenvalue weighted by Crippen LogP contribution is -2.38. The summed E-state index contributed by atoms with van der Waals surface area (Å²) >= 11 is 0. The molecule has 1 aliphatic rings. The summed E-state index contributed by atoms with van der Waals surface area (Å²) in [6.45, 7) is 0.377. The second-order valence-electron chi connectivity index (χ2n) is 6.88. The molecule has 1 fully saturated rings. The maximum absolute atomic E-state index is 14.1. The van der Waals surface area contributed by atoms with Crippen molar-refractivity contribution in [3.63, 3.8) is 0 Å². The molecule has 2 aromatic rings. The number of halogens is 6. The van der Waals surface area contributed by atoms with Gasteiger partial charge in [0.2, 0.25) is 0 Å². The monoisotopic (exact) mass is 440 g/mol. The van der Waals surface area contributed by atoms with Gasteiger partial charge in [-0.1, -0.05) is 19.4 Å². The summed E-state index contributed by atoms with van der Waals surface area (Å²) in [7, 11) is -9.79. The van der Waals surface area contributed by atoms with Crippen molar-refractivity contribution in [1.82, 2.24) is 9.88 Å². The van der Waals surface area contributed by atoms with Gasteiger partial charge in [0.15, 0.2) is 0 Å². The molecule has 0 spiro atoms. The highest BCUT2D eigenvalue weighted by molar-refractivity contribution is 8.45. The smallest absolute Gasteiger partial charge is 0.310 e. The van der Waals surface area contributed by atoms with Crippen LogP contribution in [0.15, 0.2) is 35.4 Å². The van der Waals surface area contributed by atoms with E-state index in [0.29, 0.717) is 12.8 Å². The van der Waals surface area contributed by atoms with Crippen molar-refractivity contribution in [2.45, 2.75) is 23.7 Å². The number of piperidine rings is 1. The van der Waals surface area contributed by atoms with E-state index in [2.05, 4.69) is 4.98 Å². The van der Waals surface area contributed by atoms with E-state index in [-0.39, 0.29) is 53.8 Å². The lowest BCUT2D eigenvalue weighted by molar-refractivity contribution is 0.0712. The fourth-order valence-corrected chi connectivity index (χ4v) is 4.01. The average molecular weight is 440 g/mol. The summed E-state index contributed by atoms with van der Waals surface area (Å²) in [5.74, 6) is -1.50. The zero-order valence-electron chi connectivity index (χ0n) is 14.9. The van der Waals surface area contributed by atoms with E-state index < -0.39 is 26.8 Å². The molecule has 1 aromatic carbocycles. The zero-order chi connectivity index (χ0) is 21.7. The first-order chi connectivity index (χ1) is 13.2. The van der Waals surface area contributed by atoms with Crippen LogP contribution >= 0.6 is 10.2 Å². The van der Waals surface area contributed by atoms with Gasteiger partial charge >= 0.3 is 10.2 Å². The van der Waals surface area contributed by atoms with Crippen molar-refractivity contribution in [1.29, 1.82) is 0 Å². The number of hydrogen-bond donors (Lipinski definition) is 2. The highest BCUT2D eigenvalue weighted by Crippen LogP contribution is 3.02. The summed E-state index contributed by atoms with van der Waals surface area (Å²) in [5.41, 5.74) is 11.5. The van der Waals surface area contributed by atoms with Gasteiger partial charge in [-0.2, -0.15) is 0 Å². The predicted octanol–water partition coefficient (Wildman–Crippen LogP) is 5.06. The van der Waals surface area contributed by atoms with Crippen LogP contribution < -0.4 is 11.5 Å². The Morgan fingerprint density at radius 3 is 2.10 bits per heavy atom. The number of anilines is 2. The van der Waals surface area contributed by atoms with Crippen molar-refractivity contribution >= 4 is 27.6 Å². The Morgan fingerprint density at radius 2 is 1.59 bits per heavy atom. The summed E-state index contributed by atoms with van der Waals surface area (Å²) in [6.07, 6.45) is 1.67. The molecule has 0 saturated carbocycles. The number of benzene rings is 1. The van der Waals surface area contributed by atoms with Gasteiger partial charge in [-0.05, 0) is 43.0 Å². The van der Waals surface area contributed by atoms with Crippen LogP contribution in [0.3, 0.4) is 0 Å². The Balaban J connectivity index is 1.72. The highest BCUT2D eigenvalue weighted by Gasteiger charge is 2.65. The number of amides is 1. The Labute approximate surface area is 162 Å². The fraction of sp³-hybridized carbons (Fsp3) is 0.294. The van der Waals surface area contributed by atoms with E-state index in [1.807, 2.05) is 0 Å². The second-order valence-corrected chi connectivity index (χ2v) is 9.29. The van der Waals surface area contributed by atoms with Crippen molar-refractivity contribution in [3.8, 4) is 0 Å². The third-order valence-corrected chi connectivity index (χ3v) is 6.04. The quantitative estimate of drug-likeness (QED) is 0.654. The first kappa shape index (κ1) is 21.1. The molecule has 5 nitrogen and oxygen atoms in total. The first-order valence-electron chi connectivity index (χ1n) is 8.50. The topological polar surface area (TPSA) is 85.2 Å². The van der Waals surface area contributed by atoms with Gasteiger partial charge in [-0.3, -0.25) is 4.79 Å². The molecule has 2 heterocycles. The van der Waals surface area contributed by atoms with Crippen LogP contribution in [0, 0.1) is 5.82 Å². The predicted molar refractivity (Wildman–Crippen MR) is 98.7 cm³/mol. The Kier molecular flexibility index (Phi) is 4.50. The zero-order valence-corrected chi connectivity index (χ0v) is 15.7. The molecule has 1 aliphatic heterocycles. The van der Waals surface area contributed by atoms with Gasteiger partial charge in [0.05, 0.1) is 11.9 Å². The van der Waals surface area contributed by atoms with Crippen molar-refractivity contribution in [2.75, 3.05) is 24.6 Å². The van der Waals surface area contributed by atoms with E-state index in [9.17, 15) is 28.6 Å². The maximum atomic E-state index is 14.1. The van der Waals surface area contributed by atoms with E-state index in [0.717, 1.165) is 18.3 Å². The number of pyridine rings is 1. The number of carbonyl (C=O) groups excluding carboxylic acids is 1.